The Labute approximate surface area is 73.5 Å². The monoisotopic (exact) mass is 171 g/mol. The first-order chi connectivity index (χ1) is 5.63. The summed E-state index contributed by atoms with van der Waals surface area (Å²) in [4.78, 5) is 10.7. The number of rotatable bonds is 6. The number of carboxylic acids is 1. The first-order valence-electron chi connectivity index (χ1n) is 4.20. The molecule has 0 aromatic carbocycles. The zero-order valence-electron chi connectivity index (χ0n) is 7.71. The maximum atomic E-state index is 10.7. The molecule has 0 fully saturated rings. The van der Waals surface area contributed by atoms with Gasteiger partial charge in [-0.25, -0.2) is 0 Å². The third-order valence-corrected chi connectivity index (χ3v) is 1.96. The van der Waals surface area contributed by atoms with Crippen LogP contribution in [0.1, 0.15) is 20.3 Å². The Balaban J connectivity index is 4.02. The van der Waals surface area contributed by atoms with E-state index in [0.717, 1.165) is 6.42 Å². The van der Waals surface area contributed by atoms with Crippen LogP contribution in [0.15, 0.2) is 12.7 Å². The van der Waals surface area contributed by atoms with E-state index >= 15 is 0 Å². The van der Waals surface area contributed by atoms with Gasteiger partial charge in [0.2, 0.25) is 0 Å². The maximum Gasteiger partial charge on any atom is 0.320 e. The second kappa shape index (κ2) is 5.77. The van der Waals surface area contributed by atoms with Gasteiger partial charge in [-0.1, -0.05) is 26.3 Å². The molecular formula is C9H17NO2. The quantitative estimate of drug-likeness (QED) is 0.591. The number of aliphatic carboxylic acids is 1. The first kappa shape index (κ1) is 11.2. The van der Waals surface area contributed by atoms with E-state index < -0.39 is 12.0 Å². The Morgan fingerprint density at radius 3 is 2.67 bits per heavy atom. The number of carbonyl (C=O) groups is 1. The fourth-order valence-corrected chi connectivity index (χ4v) is 0.978. The van der Waals surface area contributed by atoms with Crippen molar-refractivity contribution in [3.05, 3.63) is 12.7 Å². The van der Waals surface area contributed by atoms with Crippen molar-refractivity contribution in [3.63, 3.8) is 0 Å². The highest BCUT2D eigenvalue weighted by Crippen LogP contribution is 2.07. The molecule has 0 spiro atoms. The van der Waals surface area contributed by atoms with Crippen LogP contribution >= 0.6 is 0 Å². The smallest absolute Gasteiger partial charge is 0.320 e. The van der Waals surface area contributed by atoms with Crippen LogP contribution in [0.25, 0.3) is 0 Å². The van der Waals surface area contributed by atoms with Gasteiger partial charge in [0.15, 0.2) is 0 Å². The summed E-state index contributed by atoms with van der Waals surface area (Å²) in [6.45, 7) is 7.97. The molecule has 0 amide bonds. The predicted molar refractivity (Wildman–Crippen MR) is 49.1 cm³/mol. The minimum atomic E-state index is -0.786. The second-order valence-electron chi connectivity index (χ2n) is 2.90. The van der Waals surface area contributed by atoms with E-state index in [1.807, 2.05) is 13.8 Å². The highest BCUT2D eigenvalue weighted by Gasteiger charge is 2.21. The van der Waals surface area contributed by atoms with Crippen LogP contribution in [-0.4, -0.2) is 23.7 Å². The van der Waals surface area contributed by atoms with Crippen LogP contribution in [0.4, 0.5) is 0 Å². The van der Waals surface area contributed by atoms with Gasteiger partial charge in [-0.05, 0) is 5.92 Å². The van der Waals surface area contributed by atoms with E-state index in [1.54, 1.807) is 6.08 Å². The molecule has 3 nitrogen and oxygen atoms in total. The lowest BCUT2D eigenvalue weighted by Crippen LogP contribution is -2.41. The lowest BCUT2D eigenvalue weighted by Gasteiger charge is -2.18. The second-order valence-corrected chi connectivity index (χ2v) is 2.90. The standard InChI is InChI=1S/C9H17NO2/c1-4-6-10-8(9(11)12)7(3)5-2/h4,7-8,10H,1,5-6H2,2-3H3,(H,11,12)/t7-,8+/m1/s1. The van der Waals surface area contributed by atoms with E-state index in [-0.39, 0.29) is 5.92 Å². The van der Waals surface area contributed by atoms with Crippen LogP contribution in [-0.2, 0) is 4.79 Å². The van der Waals surface area contributed by atoms with Crippen molar-refractivity contribution in [2.24, 2.45) is 5.92 Å². The summed E-state index contributed by atoms with van der Waals surface area (Å²) in [6.07, 6.45) is 2.53. The molecule has 2 atom stereocenters. The fraction of sp³-hybridized carbons (Fsp3) is 0.667. The van der Waals surface area contributed by atoms with Gasteiger partial charge in [0, 0.05) is 6.54 Å². The predicted octanol–water partition coefficient (Wildman–Crippen LogP) is 1.26. The van der Waals surface area contributed by atoms with Crippen molar-refractivity contribution >= 4 is 5.97 Å². The van der Waals surface area contributed by atoms with Crippen molar-refractivity contribution in [2.45, 2.75) is 26.3 Å². The van der Waals surface area contributed by atoms with Crippen molar-refractivity contribution in [1.29, 1.82) is 0 Å². The SMILES string of the molecule is C=CCN[C@H](C(=O)O)[C@H](C)CC. The molecule has 0 saturated carbocycles. The molecule has 0 aliphatic heterocycles. The molecule has 0 saturated heterocycles. The Hall–Kier alpha value is -0.830. The van der Waals surface area contributed by atoms with Gasteiger partial charge in [0.1, 0.15) is 6.04 Å². The normalized spacial score (nSPS) is 15.2. The molecule has 0 bridgehead atoms. The van der Waals surface area contributed by atoms with E-state index in [1.165, 1.54) is 0 Å². The van der Waals surface area contributed by atoms with E-state index in [2.05, 4.69) is 11.9 Å². The molecule has 70 valence electrons. The van der Waals surface area contributed by atoms with Crippen LogP contribution < -0.4 is 5.32 Å². The molecule has 0 aliphatic rings. The molecule has 0 aromatic heterocycles. The highest BCUT2D eigenvalue weighted by molar-refractivity contribution is 5.73. The van der Waals surface area contributed by atoms with Crippen LogP contribution in [0, 0.1) is 5.92 Å². The summed E-state index contributed by atoms with van der Waals surface area (Å²) in [5.74, 6) is -0.631. The molecule has 0 rings (SSSR count). The fourth-order valence-electron chi connectivity index (χ4n) is 0.978. The molecule has 0 heterocycles. The summed E-state index contributed by atoms with van der Waals surface area (Å²) >= 11 is 0. The number of hydrogen-bond donors (Lipinski definition) is 2. The molecule has 3 heteroatoms. The lowest BCUT2D eigenvalue weighted by atomic mass is 9.99. The Morgan fingerprint density at radius 1 is 1.75 bits per heavy atom. The largest absolute Gasteiger partial charge is 0.480 e. The van der Waals surface area contributed by atoms with Crippen molar-refractivity contribution in [2.75, 3.05) is 6.54 Å². The summed E-state index contributed by atoms with van der Waals surface area (Å²) in [5, 5.41) is 11.7. The highest BCUT2D eigenvalue weighted by atomic mass is 16.4. The van der Waals surface area contributed by atoms with Gasteiger partial charge in [0.25, 0.3) is 0 Å². The van der Waals surface area contributed by atoms with Crippen molar-refractivity contribution in [1.82, 2.24) is 5.32 Å². The molecule has 12 heavy (non-hydrogen) atoms. The average molecular weight is 171 g/mol. The van der Waals surface area contributed by atoms with Crippen molar-refractivity contribution in [3.8, 4) is 0 Å². The van der Waals surface area contributed by atoms with Crippen LogP contribution in [0.3, 0.4) is 0 Å². The van der Waals surface area contributed by atoms with Gasteiger partial charge in [-0.2, -0.15) is 0 Å². The summed E-state index contributed by atoms with van der Waals surface area (Å²) in [6, 6.07) is -0.451. The Bertz CT molecular complexity index is 157. The first-order valence-corrected chi connectivity index (χ1v) is 4.20. The van der Waals surface area contributed by atoms with Gasteiger partial charge in [0.05, 0.1) is 0 Å². The van der Waals surface area contributed by atoms with Gasteiger partial charge in [-0.3, -0.25) is 4.79 Å². The zero-order chi connectivity index (χ0) is 9.56. The number of hydrogen-bond acceptors (Lipinski definition) is 2. The molecule has 2 N–H and O–H groups in total. The third kappa shape index (κ3) is 3.53. The topological polar surface area (TPSA) is 49.3 Å². The zero-order valence-corrected chi connectivity index (χ0v) is 7.71. The number of nitrogens with one attached hydrogen (secondary N) is 1. The van der Waals surface area contributed by atoms with Gasteiger partial charge < -0.3 is 10.4 Å². The molecular weight excluding hydrogens is 154 g/mol. The van der Waals surface area contributed by atoms with Crippen LogP contribution in [0.5, 0.6) is 0 Å². The summed E-state index contributed by atoms with van der Waals surface area (Å²) < 4.78 is 0. The van der Waals surface area contributed by atoms with E-state index in [0.29, 0.717) is 6.54 Å². The summed E-state index contributed by atoms with van der Waals surface area (Å²) in [5.41, 5.74) is 0. The van der Waals surface area contributed by atoms with Gasteiger partial charge in [-0.15, -0.1) is 6.58 Å². The third-order valence-electron chi connectivity index (χ3n) is 1.96. The number of carboxylic acid groups (broad SMARTS) is 1. The van der Waals surface area contributed by atoms with E-state index in [9.17, 15) is 4.79 Å². The summed E-state index contributed by atoms with van der Waals surface area (Å²) in [7, 11) is 0. The Kier molecular flexibility index (Phi) is 5.37. The Morgan fingerprint density at radius 2 is 2.33 bits per heavy atom. The molecule has 0 aromatic rings. The molecule has 0 unspecified atom stereocenters. The minimum Gasteiger partial charge on any atom is -0.480 e. The van der Waals surface area contributed by atoms with Crippen LogP contribution in [0.2, 0.25) is 0 Å². The van der Waals surface area contributed by atoms with Gasteiger partial charge >= 0.3 is 5.97 Å². The van der Waals surface area contributed by atoms with E-state index in [4.69, 9.17) is 5.11 Å². The molecule has 0 aliphatic carbocycles. The van der Waals surface area contributed by atoms with Crippen molar-refractivity contribution < 1.29 is 9.90 Å². The lowest BCUT2D eigenvalue weighted by molar-refractivity contribution is -0.140. The maximum absolute atomic E-state index is 10.7. The minimum absolute atomic E-state index is 0.155. The molecule has 0 radical (unpaired) electrons. The average Bonchev–Trinajstić information content (AvgIpc) is 2.04.